The second kappa shape index (κ2) is 5.82. The Morgan fingerprint density at radius 3 is 2.00 bits per heavy atom. The van der Waals surface area contributed by atoms with Crippen LogP contribution in [0.25, 0.3) is 0 Å². The lowest BCUT2D eigenvalue weighted by atomic mass is 9.75. The monoisotopic (exact) mass is 297 g/mol. The van der Waals surface area contributed by atoms with Crippen molar-refractivity contribution in [1.82, 2.24) is 4.90 Å². The van der Waals surface area contributed by atoms with E-state index < -0.39 is 0 Å². The van der Waals surface area contributed by atoms with Gasteiger partial charge in [0, 0.05) is 11.5 Å². The molecule has 0 saturated carbocycles. The van der Waals surface area contributed by atoms with Crippen molar-refractivity contribution >= 4 is 0 Å². The normalized spacial score (nSPS) is 31.9. The third-order valence-corrected chi connectivity index (χ3v) is 5.67. The maximum absolute atomic E-state index is 11.2. The second-order valence-corrected chi connectivity index (χ2v) is 8.78. The summed E-state index contributed by atoms with van der Waals surface area (Å²) in [5.41, 5.74) is -0.577. The van der Waals surface area contributed by atoms with Gasteiger partial charge >= 0.3 is 0 Å². The summed E-state index contributed by atoms with van der Waals surface area (Å²) in [6.07, 6.45) is 5.74. The molecule has 2 unspecified atom stereocenters. The van der Waals surface area contributed by atoms with Crippen molar-refractivity contribution in [2.24, 2.45) is 5.92 Å². The van der Waals surface area contributed by atoms with Gasteiger partial charge in [-0.15, -0.1) is 0 Å². The maximum atomic E-state index is 11.2. The van der Waals surface area contributed by atoms with Gasteiger partial charge in [0.05, 0.1) is 17.3 Å². The molecule has 2 heterocycles. The van der Waals surface area contributed by atoms with Crippen LogP contribution >= 0.6 is 0 Å². The van der Waals surface area contributed by atoms with Crippen LogP contribution in [-0.4, -0.2) is 45.9 Å². The van der Waals surface area contributed by atoms with Crippen LogP contribution in [0.3, 0.4) is 0 Å². The van der Waals surface area contributed by atoms with Crippen LogP contribution in [-0.2, 0) is 4.74 Å². The standard InChI is InChI=1S/C18H35NO2/c1-16(2)13-14(18(5,6)21-16)15(20)17(3,4)19-11-9-7-8-10-12-19/h14-15,20H,7-13H2,1-6H3. The second-order valence-electron chi connectivity index (χ2n) is 8.78. The highest BCUT2D eigenvalue weighted by atomic mass is 16.5. The van der Waals surface area contributed by atoms with Crippen molar-refractivity contribution < 1.29 is 9.84 Å². The predicted octanol–water partition coefficient (Wildman–Crippen LogP) is 3.60. The molecular formula is C18H35NO2. The molecule has 2 fully saturated rings. The third-order valence-electron chi connectivity index (χ3n) is 5.67. The van der Waals surface area contributed by atoms with E-state index in [1.807, 2.05) is 0 Å². The first kappa shape index (κ1) is 17.2. The van der Waals surface area contributed by atoms with E-state index >= 15 is 0 Å². The zero-order valence-electron chi connectivity index (χ0n) is 14.9. The van der Waals surface area contributed by atoms with Crippen LogP contribution < -0.4 is 0 Å². The Kier molecular flexibility index (Phi) is 4.78. The van der Waals surface area contributed by atoms with Gasteiger partial charge in [0.2, 0.25) is 0 Å². The van der Waals surface area contributed by atoms with Gasteiger partial charge in [0.25, 0.3) is 0 Å². The minimum atomic E-state index is -0.354. The van der Waals surface area contributed by atoms with Crippen LogP contribution in [0.15, 0.2) is 0 Å². The lowest BCUT2D eigenvalue weighted by Gasteiger charge is -2.46. The van der Waals surface area contributed by atoms with Gasteiger partial charge in [0.15, 0.2) is 0 Å². The van der Waals surface area contributed by atoms with Crippen molar-refractivity contribution in [1.29, 1.82) is 0 Å². The molecule has 0 bridgehead atoms. The van der Waals surface area contributed by atoms with Crippen LogP contribution in [0.4, 0.5) is 0 Å². The molecule has 2 aliphatic heterocycles. The van der Waals surface area contributed by atoms with Crippen LogP contribution in [0, 0.1) is 5.92 Å². The largest absolute Gasteiger partial charge is 0.391 e. The molecule has 0 aromatic heterocycles. The molecule has 0 aromatic rings. The van der Waals surface area contributed by atoms with E-state index in [0.29, 0.717) is 0 Å². The van der Waals surface area contributed by atoms with Crippen molar-refractivity contribution in [2.45, 2.75) is 96.5 Å². The van der Waals surface area contributed by atoms with E-state index in [9.17, 15) is 5.11 Å². The van der Waals surface area contributed by atoms with E-state index in [-0.39, 0.29) is 28.8 Å². The van der Waals surface area contributed by atoms with Gasteiger partial charge in [-0.1, -0.05) is 12.8 Å². The maximum Gasteiger partial charge on any atom is 0.0774 e. The highest BCUT2D eigenvalue weighted by Gasteiger charge is 2.53. The lowest BCUT2D eigenvalue weighted by molar-refractivity contribution is -0.110. The number of hydrogen-bond donors (Lipinski definition) is 1. The molecule has 0 aromatic carbocycles. The molecule has 0 radical (unpaired) electrons. The van der Waals surface area contributed by atoms with Crippen LogP contribution in [0.2, 0.25) is 0 Å². The number of likely N-dealkylation sites (tertiary alicyclic amines) is 1. The lowest BCUT2D eigenvalue weighted by Crippen LogP contribution is -2.57. The minimum Gasteiger partial charge on any atom is -0.391 e. The van der Waals surface area contributed by atoms with Gasteiger partial charge in [-0.2, -0.15) is 0 Å². The van der Waals surface area contributed by atoms with Crippen molar-refractivity contribution in [3.8, 4) is 0 Å². The number of aliphatic hydroxyl groups is 1. The average Bonchev–Trinajstić information content (AvgIpc) is 2.57. The molecule has 1 N–H and O–H groups in total. The molecule has 21 heavy (non-hydrogen) atoms. The van der Waals surface area contributed by atoms with E-state index in [2.05, 4.69) is 46.4 Å². The first-order valence-electron chi connectivity index (χ1n) is 8.69. The van der Waals surface area contributed by atoms with Gasteiger partial charge in [0.1, 0.15) is 0 Å². The molecule has 2 rings (SSSR count). The summed E-state index contributed by atoms with van der Waals surface area (Å²) in [7, 11) is 0. The number of nitrogens with zero attached hydrogens (tertiary/aromatic N) is 1. The average molecular weight is 297 g/mol. The highest BCUT2D eigenvalue weighted by Crippen LogP contribution is 2.46. The summed E-state index contributed by atoms with van der Waals surface area (Å²) in [6, 6.07) is 0. The van der Waals surface area contributed by atoms with E-state index in [1.54, 1.807) is 0 Å². The summed E-state index contributed by atoms with van der Waals surface area (Å²) >= 11 is 0. The molecule has 124 valence electrons. The number of rotatable bonds is 3. The molecule has 0 spiro atoms. The smallest absolute Gasteiger partial charge is 0.0774 e. The Morgan fingerprint density at radius 2 is 1.57 bits per heavy atom. The zero-order chi connectivity index (χ0) is 15.9. The number of hydrogen-bond acceptors (Lipinski definition) is 3. The SMILES string of the molecule is CC1(C)CC(C(O)C(C)(C)N2CCCCCC2)C(C)(C)O1. The van der Waals surface area contributed by atoms with Gasteiger partial charge in [-0.05, 0) is 73.9 Å². The fraction of sp³-hybridized carbons (Fsp3) is 1.00. The van der Waals surface area contributed by atoms with Gasteiger partial charge in [-0.3, -0.25) is 4.90 Å². The molecule has 2 aliphatic rings. The van der Waals surface area contributed by atoms with Gasteiger partial charge < -0.3 is 9.84 Å². The van der Waals surface area contributed by atoms with Crippen LogP contribution in [0.1, 0.15) is 73.6 Å². The number of aliphatic hydroxyl groups excluding tert-OH is 1. The van der Waals surface area contributed by atoms with Crippen molar-refractivity contribution in [3.63, 3.8) is 0 Å². The third kappa shape index (κ3) is 3.62. The quantitative estimate of drug-likeness (QED) is 0.864. The Bertz CT molecular complexity index is 354. The number of ether oxygens (including phenoxy) is 1. The Labute approximate surface area is 131 Å². The molecule has 0 amide bonds. The summed E-state index contributed by atoms with van der Waals surface area (Å²) in [5, 5.41) is 11.2. The van der Waals surface area contributed by atoms with E-state index in [0.717, 1.165) is 19.5 Å². The van der Waals surface area contributed by atoms with Gasteiger partial charge in [-0.25, -0.2) is 0 Å². The molecule has 2 atom stereocenters. The van der Waals surface area contributed by atoms with Crippen LogP contribution in [0.5, 0.6) is 0 Å². The summed E-state index contributed by atoms with van der Waals surface area (Å²) in [6.45, 7) is 15.2. The molecule has 3 heteroatoms. The summed E-state index contributed by atoms with van der Waals surface area (Å²) in [4.78, 5) is 2.51. The Morgan fingerprint density at radius 1 is 1.05 bits per heavy atom. The first-order valence-corrected chi connectivity index (χ1v) is 8.69. The molecule has 2 saturated heterocycles. The van der Waals surface area contributed by atoms with E-state index in [4.69, 9.17) is 4.74 Å². The summed E-state index contributed by atoms with van der Waals surface area (Å²) in [5.74, 6) is 0.186. The topological polar surface area (TPSA) is 32.7 Å². The zero-order valence-corrected chi connectivity index (χ0v) is 14.9. The Hall–Kier alpha value is -0.120. The van der Waals surface area contributed by atoms with Crippen molar-refractivity contribution in [2.75, 3.05) is 13.1 Å². The minimum absolute atomic E-state index is 0.135. The highest BCUT2D eigenvalue weighted by molar-refractivity contribution is 5.04. The fourth-order valence-electron chi connectivity index (χ4n) is 4.42. The van der Waals surface area contributed by atoms with E-state index in [1.165, 1.54) is 25.7 Å². The summed E-state index contributed by atoms with van der Waals surface area (Å²) < 4.78 is 6.20. The fourth-order valence-corrected chi connectivity index (χ4v) is 4.42. The molecular weight excluding hydrogens is 262 g/mol. The molecule has 3 nitrogen and oxygen atoms in total. The van der Waals surface area contributed by atoms with Crippen molar-refractivity contribution in [3.05, 3.63) is 0 Å². The molecule has 0 aliphatic carbocycles. The Balaban J connectivity index is 2.15. The predicted molar refractivity (Wildman–Crippen MR) is 87.5 cm³/mol. The first-order chi connectivity index (χ1) is 9.56.